The van der Waals surface area contributed by atoms with E-state index in [9.17, 15) is 0 Å². The molecule has 0 aromatic carbocycles. The molecule has 0 saturated carbocycles. The molecule has 13 heavy (non-hydrogen) atoms. The van der Waals surface area contributed by atoms with Gasteiger partial charge < -0.3 is 9.16 Å². The van der Waals surface area contributed by atoms with Gasteiger partial charge >= 0.3 is 0 Å². The molecule has 0 spiro atoms. The summed E-state index contributed by atoms with van der Waals surface area (Å²) in [6.07, 6.45) is 3.60. The van der Waals surface area contributed by atoms with E-state index in [0.29, 0.717) is 5.76 Å². The summed E-state index contributed by atoms with van der Waals surface area (Å²) in [5, 5.41) is 0. The summed E-state index contributed by atoms with van der Waals surface area (Å²) in [6, 6.07) is 0. The molecule has 0 radical (unpaired) electrons. The Balaban J connectivity index is 3.81. The first-order valence-electron chi connectivity index (χ1n) is 4.51. The van der Waals surface area contributed by atoms with E-state index in [1.807, 2.05) is 13.8 Å². The van der Waals surface area contributed by atoms with Gasteiger partial charge in [0.25, 0.3) is 0 Å². The second kappa shape index (κ2) is 5.12. The highest BCUT2D eigenvalue weighted by molar-refractivity contribution is 6.70. The molecule has 0 amide bonds. The molecule has 3 heteroatoms. The van der Waals surface area contributed by atoms with Crippen LogP contribution in [0.2, 0.25) is 19.6 Å². The lowest BCUT2D eigenvalue weighted by Gasteiger charge is -2.18. The first-order chi connectivity index (χ1) is 5.81. The van der Waals surface area contributed by atoms with Crippen molar-refractivity contribution in [1.29, 1.82) is 0 Å². The van der Waals surface area contributed by atoms with Crippen LogP contribution in [-0.4, -0.2) is 14.4 Å². The SMILES string of the molecule is C=C(/C=C/OC(C)C)O[Si](C)(C)C. The second-order valence-electron chi connectivity index (χ2n) is 4.17. The Morgan fingerprint density at radius 1 is 1.31 bits per heavy atom. The van der Waals surface area contributed by atoms with Gasteiger partial charge in [0.05, 0.1) is 18.1 Å². The average Bonchev–Trinajstić information content (AvgIpc) is 1.81. The lowest BCUT2D eigenvalue weighted by Crippen LogP contribution is -2.24. The Kier molecular flexibility index (Phi) is 4.84. The predicted molar refractivity (Wildman–Crippen MR) is 58.9 cm³/mol. The van der Waals surface area contributed by atoms with Crippen molar-refractivity contribution in [3.63, 3.8) is 0 Å². The summed E-state index contributed by atoms with van der Waals surface area (Å²) in [5.74, 6) is 0.680. The van der Waals surface area contributed by atoms with Crippen molar-refractivity contribution in [2.45, 2.75) is 39.6 Å². The molecule has 76 valence electrons. The van der Waals surface area contributed by atoms with Gasteiger partial charge in [0.15, 0.2) is 0 Å². The fourth-order valence-electron chi connectivity index (χ4n) is 0.700. The standard InChI is InChI=1S/C10H20O2Si/c1-9(2)11-8-7-10(3)12-13(4,5)6/h7-9H,3H2,1-2,4-6H3/b8-7+. The zero-order chi connectivity index (χ0) is 10.5. The van der Waals surface area contributed by atoms with Crippen LogP contribution < -0.4 is 0 Å². The fraction of sp³-hybridized carbons (Fsp3) is 0.600. The van der Waals surface area contributed by atoms with Crippen LogP contribution >= 0.6 is 0 Å². The van der Waals surface area contributed by atoms with E-state index >= 15 is 0 Å². The molecular formula is C10H20O2Si. The summed E-state index contributed by atoms with van der Waals surface area (Å²) in [7, 11) is -1.50. The van der Waals surface area contributed by atoms with Gasteiger partial charge in [-0.15, -0.1) is 0 Å². The summed E-state index contributed by atoms with van der Waals surface area (Å²) in [4.78, 5) is 0. The molecule has 0 rings (SSSR count). The molecule has 0 aliphatic heterocycles. The van der Waals surface area contributed by atoms with Crippen molar-refractivity contribution in [3.05, 3.63) is 24.7 Å². The van der Waals surface area contributed by atoms with Gasteiger partial charge in [-0.1, -0.05) is 6.58 Å². The number of ether oxygens (including phenoxy) is 1. The van der Waals surface area contributed by atoms with E-state index in [2.05, 4.69) is 26.2 Å². The first kappa shape index (κ1) is 12.3. The van der Waals surface area contributed by atoms with Gasteiger partial charge in [0.1, 0.15) is 0 Å². The summed E-state index contributed by atoms with van der Waals surface area (Å²) in [6.45, 7) is 14.1. The largest absolute Gasteiger partial charge is 0.545 e. The van der Waals surface area contributed by atoms with Crippen LogP contribution in [0, 0.1) is 0 Å². The summed E-state index contributed by atoms with van der Waals surface area (Å²) in [5.41, 5.74) is 0. The Morgan fingerprint density at radius 3 is 2.23 bits per heavy atom. The summed E-state index contributed by atoms with van der Waals surface area (Å²) >= 11 is 0. The Hall–Kier alpha value is -0.703. The number of allylic oxidation sites excluding steroid dienone is 1. The lowest BCUT2D eigenvalue weighted by molar-refractivity contribution is 0.178. The van der Waals surface area contributed by atoms with Gasteiger partial charge in [-0.05, 0) is 33.5 Å². The maximum Gasteiger partial charge on any atom is 0.242 e. The van der Waals surface area contributed by atoms with Crippen LogP contribution in [0.3, 0.4) is 0 Å². The Labute approximate surface area is 82.4 Å². The van der Waals surface area contributed by atoms with Crippen molar-refractivity contribution in [2.24, 2.45) is 0 Å². The van der Waals surface area contributed by atoms with Gasteiger partial charge in [0.2, 0.25) is 8.32 Å². The van der Waals surface area contributed by atoms with Crippen LogP contribution in [-0.2, 0) is 9.16 Å². The minimum atomic E-state index is -1.50. The third-order valence-electron chi connectivity index (χ3n) is 1.04. The molecular weight excluding hydrogens is 180 g/mol. The normalized spacial score (nSPS) is 12.2. The molecule has 2 nitrogen and oxygen atoms in total. The van der Waals surface area contributed by atoms with E-state index in [-0.39, 0.29) is 6.10 Å². The van der Waals surface area contributed by atoms with Crippen LogP contribution in [0.5, 0.6) is 0 Å². The van der Waals surface area contributed by atoms with Gasteiger partial charge in [-0.3, -0.25) is 0 Å². The van der Waals surface area contributed by atoms with E-state index in [0.717, 1.165) is 0 Å². The van der Waals surface area contributed by atoms with Crippen molar-refractivity contribution in [3.8, 4) is 0 Å². The third-order valence-corrected chi connectivity index (χ3v) is 1.92. The van der Waals surface area contributed by atoms with E-state index < -0.39 is 8.32 Å². The molecule has 0 aliphatic carbocycles. The van der Waals surface area contributed by atoms with E-state index in [1.165, 1.54) is 0 Å². The molecule has 0 aromatic rings. The van der Waals surface area contributed by atoms with E-state index in [4.69, 9.17) is 9.16 Å². The van der Waals surface area contributed by atoms with Crippen molar-refractivity contribution in [2.75, 3.05) is 0 Å². The van der Waals surface area contributed by atoms with Crippen molar-refractivity contribution in [1.82, 2.24) is 0 Å². The maximum atomic E-state index is 5.60. The van der Waals surface area contributed by atoms with Gasteiger partial charge in [0, 0.05) is 6.08 Å². The smallest absolute Gasteiger partial charge is 0.242 e. The molecule has 0 N–H and O–H groups in total. The minimum Gasteiger partial charge on any atom is -0.545 e. The van der Waals surface area contributed by atoms with Crippen LogP contribution in [0.1, 0.15) is 13.8 Å². The second-order valence-corrected chi connectivity index (χ2v) is 8.60. The van der Waals surface area contributed by atoms with Gasteiger partial charge in [-0.2, -0.15) is 0 Å². The Morgan fingerprint density at radius 2 is 1.85 bits per heavy atom. The average molecular weight is 200 g/mol. The highest BCUT2D eigenvalue weighted by Crippen LogP contribution is 2.09. The number of hydrogen-bond donors (Lipinski definition) is 0. The highest BCUT2D eigenvalue weighted by atomic mass is 28.4. The molecule has 0 saturated heterocycles. The van der Waals surface area contributed by atoms with Crippen molar-refractivity contribution < 1.29 is 9.16 Å². The van der Waals surface area contributed by atoms with Gasteiger partial charge in [-0.25, -0.2) is 0 Å². The van der Waals surface area contributed by atoms with Crippen LogP contribution in [0.15, 0.2) is 24.7 Å². The molecule has 0 bridgehead atoms. The molecule has 0 unspecified atom stereocenters. The van der Waals surface area contributed by atoms with Crippen LogP contribution in [0.4, 0.5) is 0 Å². The minimum absolute atomic E-state index is 0.205. The molecule has 0 aliphatic rings. The molecule has 0 aromatic heterocycles. The fourth-order valence-corrected chi connectivity index (χ4v) is 1.55. The third kappa shape index (κ3) is 9.21. The van der Waals surface area contributed by atoms with E-state index in [1.54, 1.807) is 12.3 Å². The molecule has 0 atom stereocenters. The maximum absolute atomic E-state index is 5.60. The first-order valence-corrected chi connectivity index (χ1v) is 7.92. The predicted octanol–water partition coefficient (Wildman–Crippen LogP) is 3.29. The molecule has 0 heterocycles. The lowest BCUT2D eigenvalue weighted by atomic mass is 10.5. The van der Waals surface area contributed by atoms with Crippen molar-refractivity contribution >= 4 is 8.32 Å². The highest BCUT2D eigenvalue weighted by Gasteiger charge is 2.15. The summed E-state index contributed by atoms with van der Waals surface area (Å²) < 4.78 is 10.8. The topological polar surface area (TPSA) is 18.5 Å². The zero-order valence-electron chi connectivity index (χ0n) is 9.26. The van der Waals surface area contributed by atoms with Crippen LogP contribution in [0.25, 0.3) is 0 Å². The zero-order valence-corrected chi connectivity index (χ0v) is 10.3. The quantitative estimate of drug-likeness (QED) is 0.385. The Bertz CT molecular complexity index is 190. The molecule has 0 fully saturated rings. The monoisotopic (exact) mass is 200 g/mol. The number of hydrogen-bond acceptors (Lipinski definition) is 2. The number of rotatable bonds is 5.